The molecule has 1 saturated heterocycles. The lowest BCUT2D eigenvalue weighted by molar-refractivity contribution is -0.141. The van der Waals surface area contributed by atoms with E-state index in [1.165, 1.54) is 0 Å². The van der Waals surface area contributed by atoms with Gasteiger partial charge in [-0.3, -0.25) is 8.98 Å². The van der Waals surface area contributed by atoms with Gasteiger partial charge in [-0.15, -0.1) is 0 Å². The Labute approximate surface area is 267 Å². The summed E-state index contributed by atoms with van der Waals surface area (Å²) in [6.45, 7) is 7.31. The minimum absolute atomic E-state index is 0. The third-order valence-corrected chi connectivity index (χ3v) is 8.88. The molecule has 0 radical (unpaired) electrons. The van der Waals surface area contributed by atoms with E-state index in [1.807, 2.05) is 38.1 Å². The van der Waals surface area contributed by atoms with E-state index in [0.29, 0.717) is 54.6 Å². The van der Waals surface area contributed by atoms with Crippen molar-refractivity contribution < 1.29 is 36.4 Å². The normalized spacial score (nSPS) is 18.3. The molecule has 2 heterocycles. The highest BCUT2D eigenvalue weighted by molar-refractivity contribution is 7.86. The maximum atomic E-state index is 13.5. The zero-order valence-corrected chi connectivity index (χ0v) is 26.9. The molecule has 0 bridgehead atoms. The summed E-state index contributed by atoms with van der Waals surface area (Å²) in [4.78, 5) is 28.4. The van der Waals surface area contributed by atoms with Gasteiger partial charge in [-0.25, -0.2) is 4.79 Å². The zero-order valence-electron chi connectivity index (χ0n) is 25.3. The van der Waals surface area contributed by atoms with Gasteiger partial charge in [0.15, 0.2) is 0 Å². The number of unbranched alkanes of at least 4 members (excludes halogenated alkanes) is 1. The summed E-state index contributed by atoms with van der Waals surface area (Å²) in [5, 5.41) is 0.576. The van der Waals surface area contributed by atoms with Crippen molar-refractivity contribution >= 4 is 33.6 Å². The molecule has 244 valence electrons. The van der Waals surface area contributed by atoms with Gasteiger partial charge in [-0.05, 0) is 68.0 Å². The monoisotopic (exact) mass is 651 g/mol. The number of nitrogens with zero attached hydrogens (tertiary/aromatic N) is 1. The first-order valence-corrected chi connectivity index (χ1v) is 16.7. The molecule has 2 aromatic rings. The second-order valence-electron chi connectivity index (χ2n) is 10.2. The van der Waals surface area contributed by atoms with Crippen LogP contribution in [-0.2, 0) is 40.0 Å². The minimum Gasteiger partial charge on any atom is -0.494 e. The molecule has 0 spiro atoms. The molecule has 2 aliphatic rings. The van der Waals surface area contributed by atoms with E-state index in [2.05, 4.69) is 4.18 Å². The number of allylic oxidation sites excluding steroid dienone is 1. The minimum atomic E-state index is -3.46. The fourth-order valence-electron chi connectivity index (χ4n) is 5.03. The van der Waals surface area contributed by atoms with Gasteiger partial charge in [0, 0.05) is 29.7 Å². The standard InChI is InChI=1S/C30H36ClNO8S.C2H6.CH4/c1-21-29(27(23-9-11-24(31)12-10-23)18-28(33)32(21)19-26-6-5-16-39-26)30(34)40-20-22-7-13-25(14-8-22)38-15-3-4-17-41(35,36)37-2;1-2;/h7-14,26-27H,3-6,15-20H2,1-2H3;1-2H3;1H4. The van der Waals surface area contributed by atoms with Gasteiger partial charge in [0.2, 0.25) is 5.91 Å². The van der Waals surface area contributed by atoms with Gasteiger partial charge >= 0.3 is 5.97 Å². The number of carbonyl (C=O) groups is 2. The third-order valence-electron chi connectivity index (χ3n) is 7.33. The lowest BCUT2D eigenvalue weighted by atomic mass is 9.83. The van der Waals surface area contributed by atoms with Crippen LogP contribution in [0.15, 0.2) is 59.8 Å². The summed E-state index contributed by atoms with van der Waals surface area (Å²) in [5.74, 6) is -0.384. The summed E-state index contributed by atoms with van der Waals surface area (Å²) in [5.41, 5.74) is 2.65. The molecule has 2 aromatic carbocycles. The van der Waals surface area contributed by atoms with Crippen LogP contribution in [0.1, 0.15) is 77.3 Å². The molecule has 2 aliphatic heterocycles. The maximum Gasteiger partial charge on any atom is 0.336 e. The SMILES string of the molecule is C.CC.COS(=O)(=O)CCCCOc1ccc(COC(=O)C2=C(C)N(CC3CCCO3)C(=O)CC2c2ccc(Cl)cc2)cc1. The zero-order chi connectivity index (χ0) is 31.4. The lowest BCUT2D eigenvalue weighted by Crippen LogP contribution is -2.42. The van der Waals surface area contributed by atoms with Crippen LogP contribution in [0, 0.1) is 0 Å². The summed E-state index contributed by atoms with van der Waals surface area (Å²) < 4.78 is 44.4. The number of rotatable bonds is 13. The molecular formula is C33H46ClNO8S. The van der Waals surface area contributed by atoms with Gasteiger partial charge in [0.1, 0.15) is 12.4 Å². The Morgan fingerprint density at radius 2 is 1.75 bits per heavy atom. The van der Waals surface area contributed by atoms with E-state index >= 15 is 0 Å². The van der Waals surface area contributed by atoms with Crippen LogP contribution in [-0.4, -0.2) is 63.9 Å². The quantitative estimate of drug-likeness (QED) is 0.135. The van der Waals surface area contributed by atoms with Crippen molar-refractivity contribution in [3.05, 3.63) is 76.0 Å². The van der Waals surface area contributed by atoms with E-state index in [-0.39, 0.29) is 38.2 Å². The number of amides is 1. The molecule has 11 heteroatoms. The van der Waals surface area contributed by atoms with Gasteiger partial charge in [-0.1, -0.05) is 57.1 Å². The number of ether oxygens (including phenoxy) is 3. The number of benzene rings is 2. The topological polar surface area (TPSA) is 108 Å². The first-order valence-electron chi connectivity index (χ1n) is 14.7. The second-order valence-corrected chi connectivity index (χ2v) is 12.4. The number of esters is 1. The Bertz CT molecular complexity index is 1340. The van der Waals surface area contributed by atoms with Gasteiger partial charge in [-0.2, -0.15) is 8.42 Å². The number of hydrogen-bond donors (Lipinski definition) is 0. The molecule has 44 heavy (non-hydrogen) atoms. The smallest absolute Gasteiger partial charge is 0.336 e. The van der Waals surface area contributed by atoms with Gasteiger partial charge in [0.25, 0.3) is 10.1 Å². The lowest BCUT2D eigenvalue weighted by Gasteiger charge is -2.35. The average molecular weight is 652 g/mol. The molecule has 1 fully saturated rings. The number of carbonyl (C=O) groups excluding carboxylic acids is 2. The van der Waals surface area contributed by atoms with Crippen molar-refractivity contribution in [2.24, 2.45) is 0 Å². The molecule has 0 aromatic heterocycles. The van der Waals surface area contributed by atoms with Crippen molar-refractivity contribution in [2.45, 2.75) is 78.9 Å². The van der Waals surface area contributed by atoms with E-state index in [9.17, 15) is 18.0 Å². The van der Waals surface area contributed by atoms with E-state index < -0.39 is 22.0 Å². The predicted octanol–water partition coefficient (Wildman–Crippen LogP) is 6.65. The van der Waals surface area contributed by atoms with Crippen LogP contribution in [0.2, 0.25) is 5.02 Å². The first kappa shape index (κ1) is 37.3. The van der Waals surface area contributed by atoms with Crippen molar-refractivity contribution in [1.82, 2.24) is 4.90 Å². The van der Waals surface area contributed by atoms with Crippen molar-refractivity contribution in [2.75, 3.05) is 32.6 Å². The summed E-state index contributed by atoms with van der Waals surface area (Å²) >= 11 is 6.09. The second kappa shape index (κ2) is 18.1. The first-order chi connectivity index (χ1) is 20.7. The summed E-state index contributed by atoms with van der Waals surface area (Å²) in [6.07, 6.45) is 2.95. The highest BCUT2D eigenvalue weighted by Crippen LogP contribution is 2.38. The van der Waals surface area contributed by atoms with Crippen LogP contribution in [0.25, 0.3) is 0 Å². The highest BCUT2D eigenvalue weighted by Gasteiger charge is 2.38. The highest BCUT2D eigenvalue weighted by atomic mass is 35.5. The Morgan fingerprint density at radius 3 is 2.36 bits per heavy atom. The molecule has 9 nitrogen and oxygen atoms in total. The Hall–Kier alpha value is -2.92. The molecule has 2 unspecified atom stereocenters. The molecule has 2 atom stereocenters. The third kappa shape index (κ3) is 10.6. The molecule has 4 rings (SSSR count). The molecular weight excluding hydrogens is 606 g/mol. The average Bonchev–Trinajstić information content (AvgIpc) is 3.53. The van der Waals surface area contributed by atoms with Crippen LogP contribution >= 0.6 is 11.6 Å². The number of halogens is 1. The fraction of sp³-hybridized carbons (Fsp3) is 0.515. The van der Waals surface area contributed by atoms with Crippen molar-refractivity contribution in [3.8, 4) is 5.75 Å². The molecule has 0 N–H and O–H groups in total. The van der Waals surface area contributed by atoms with Crippen LogP contribution in [0.5, 0.6) is 5.75 Å². The van der Waals surface area contributed by atoms with E-state index in [0.717, 1.165) is 31.1 Å². The van der Waals surface area contributed by atoms with E-state index in [1.54, 1.807) is 36.1 Å². The Kier molecular flexibility index (Phi) is 15.4. The maximum absolute atomic E-state index is 13.5. The molecule has 1 amide bonds. The largest absolute Gasteiger partial charge is 0.494 e. The van der Waals surface area contributed by atoms with Crippen LogP contribution < -0.4 is 4.74 Å². The Balaban J connectivity index is 0.00000220. The predicted molar refractivity (Wildman–Crippen MR) is 172 cm³/mol. The van der Waals surface area contributed by atoms with E-state index in [4.69, 9.17) is 25.8 Å². The van der Waals surface area contributed by atoms with Crippen LogP contribution in [0.3, 0.4) is 0 Å². The van der Waals surface area contributed by atoms with Crippen molar-refractivity contribution in [1.29, 1.82) is 0 Å². The molecule has 0 saturated carbocycles. The Morgan fingerprint density at radius 1 is 1.07 bits per heavy atom. The molecule has 0 aliphatic carbocycles. The van der Waals surface area contributed by atoms with Crippen molar-refractivity contribution in [3.63, 3.8) is 0 Å². The van der Waals surface area contributed by atoms with Gasteiger partial charge < -0.3 is 19.1 Å². The number of hydrogen-bond acceptors (Lipinski definition) is 8. The van der Waals surface area contributed by atoms with Crippen LogP contribution in [0.4, 0.5) is 0 Å². The fourth-order valence-corrected chi connectivity index (χ4v) is 5.88. The summed E-state index contributed by atoms with van der Waals surface area (Å²) in [6, 6.07) is 14.4. The van der Waals surface area contributed by atoms with Gasteiger partial charge in [0.05, 0.1) is 37.7 Å². The summed E-state index contributed by atoms with van der Waals surface area (Å²) in [7, 11) is -2.31.